The molecule has 0 radical (unpaired) electrons. The van der Waals surface area contributed by atoms with E-state index in [1.807, 2.05) is 30.5 Å². The van der Waals surface area contributed by atoms with E-state index in [1.165, 1.54) is 18.4 Å². The van der Waals surface area contributed by atoms with Crippen molar-refractivity contribution in [3.63, 3.8) is 0 Å². The summed E-state index contributed by atoms with van der Waals surface area (Å²) in [4.78, 5) is 26.5. The summed E-state index contributed by atoms with van der Waals surface area (Å²) in [5.41, 5.74) is 2.68. The zero-order chi connectivity index (χ0) is 22.4. The number of ether oxygens (including phenoxy) is 3. The van der Waals surface area contributed by atoms with E-state index in [2.05, 4.69) is 0 Å². The fourth-order valence-electron chi connectivity index (χ4n) is 3.64. The minimum atomic E-state index is -0.656. The molecule has 0 amide bonds. The summed E-state index contributed by atoms with van der Waals surface area (Å²) in [5.74, 6) is 0.617. The molecule has 3 heterocycles. The molecule has 0 aliphatic carbocycles. The maximum Gasteiger partial charge on any atom is 0.379 e. The number of allylic oxidation sites excluding steroid dienone is 1. The van der Waals surface area contributed by atoms with Crippen LogP contribution in [0.3, 0.4) is 0 Å². The number of hydrogen-bond acceptors (Lipinski definition) is 7. The summed E-state index contributed by atoms with van der Waals surface area (Å²) >= 11 is 1.54. The fourth-order valence-corrected chi connectivity index (χ4v) is 4.49. The van der Waals surface area contributed by atoms with Gasteiger partial charge in [-0.25, -0.2) is 4.79 Å². The maximum atomic E-state index is 12.8. The van der Waals surface area contributed by atoms with E-state index in [0.29, 0.717) is 28.2 Å². The summed E-state index contributed by atoms with van der Waals surface area (Å²) in [6.45, 7) is 3.76. The van der Waals surface area contributed by atoms with Crippen LogP contribution < -0.4 is 14.2 Å². The molecule has 0 bridgehead atoms. The number of Topliss-reactive ketones (excluding diaryl/α,β-unsaturated/α-hetero) is 1. The number of ketones is 1. The molecule has 0 fully saturated rings. The second-order valence-corrected chi connectivity index (χ2v) is 8.35. The van der Waals surface area contributed by atoms with E-state index in [9.17, 15) is 9.59 Å². The second kappa shape index (κ2) is 7.69. The van der Waals surface area contributed by atoms with Crippen molar-refractivity contribution in [2.45, 2.75) is 13.8 Å². The topological polar surface area (TPSA) is 75.0 Å². The average molecular weight is 446 g/mol. The van der Waals surface area contributed by atoms with Crippen molar-refractivity contribution in [3.05, 3.63) is 80.9 Å². The maximum absolute atomic E-state index is 12.8. The van der Waals surface area contributed by atoms with Gasteiger partial charge in [-0.2, -0.15) is 0 Å². The van der Waals surface area contributed by atoms with Crippen LogP contribution in [0.4, 0.5) is 0 Å². The molecule has 160 valence electrons. The molecule has 1 aliphatic heterocycles. The van der Waals surface area contributed by atoms with Crippen molar-refractivity contribution in [3.8, 4) is 17.2 Å². The summed E-state index contributed by atoms with van der Waals surface area (Å²) in [6.07, 6.45) is 1.75. The highest BCUT2D eigenvalue weighted by Crippen LogP contribution is 2.38. The van der Waals surface area contributed by atoms with Crippen LogP contribution >= 0.6 is 11.3 Å². The Labute approximate surface area is 187 Å². The minimum absolute atomic E-state index is 0.0494. The number of carbonyl (C=O) groups excluding carboxylic acids is 2. The van der Waals surface area contributed by atoms with E-state index in [1.54, 1.807) is 37.3 Å². The lowest BCUT2D eigenvalue weighted by Gasteiger charge is -2.06. The van der Waals surface area contributed by atoms with E-state index < -0.39 is 5.97 Å². The van der Waals surface area contributed by atoms with Gasteiger partial charge in [0.15, 0.2) is 17.1 Å². The van der Waals surface area contributed by atoms with Crippen molar-refractivity contribution in [2.75, 3.05) is 7.11 Å². The predicted molar refractivity (Wildman–Crippen MR) is 121 cm³/mol. The highest BCUT2D eigenvalue weighted by atomic mass is 32.1. The Kier molecular flexibility index (Phi) is 4.83. The van der Waals surface area contributed by atoms with Crippen LogP contribution in [0.1, 0.15) is 36.9 Å². The summed E-state index contributed by atoms with van der Waals surface area (Å²) < 4.78 is 22.3. The van der Waals surface area contributed by atoms with Gasteiger partial charge in [0.25, 0.3) is 0 Å². The van der Waals surface area contributed by atoms with Crippen LogP contribution in [0, 0.1) is 13.8 Å². The first kappa shape index (κ1) is 20.1. The number of fused-ring (bicyclic) bond motifs is 2. The molecule has 0 unspecified atom stereocenters. The zero-order valence-corrected chi connectivity index (χ0v) is 18.4. The number of thiophene rings is 1. The van der Waals surface area contributed by atoms with Gasteiger partial charge in [0, 0.05) is 22.4 Å². The Morgan fingerprint density at radius 1 is 1.09 bits per heavy atom. The lowest BCUT2D eigenvalue weighted by atomic mass is 10.0. The monoisotopic (exact) mass is 446 g/mol. The molecular formula is C25H18O6S. The highest BCUT2D eigenvalue weighted by Gasteiger charge is 2.31. The van der Waals surface area contributed by atoms with Gasteiger partial charge in [0.05, 0.1) is 12.7 Å². The van der Waals surface area contributed by atoms with Gasteiger partial charge in [-0.05, 0) is 54.6 Å². The molecule has 0 N–H and O–H groups in total. The summed E-state index contributed by atoms with van der Waals surface area (Å²) in [7, 11) is 1.53. The minimum Gasteiger partial charge on any atom is -0.493 e. The van der Waals surface area contributed by atoms with Crippen molar-refractivity contribution in [1.29, 1.82) is 0 Å². The first-order valence-corrected chi connectivity index (χ1v) is 10.7. The van der Waals surface area contributed by atoms with E-state index >= 15 is 0 Å². The van der Waals surface area contributed by atoms with E-state index in [4.69, 9.17) is 18.6 Å². The number of furan rings is 1. The Balaban J connectivity index is 1.43. The van der Waals surface area contributed by atoms with Crippen LogP contribution in [0.2, 0.25) is 0 Å². The Morgan fingerprint density at radius 3 is 2.69 bits per heavy atom. The standard InChI is InChI=1S/C25H18O6S/c1-13-7-8-32-21(13)12-19-23(26)22-14(2)9-16(11-18(22)30-19)29-25(27)20-10-15-5-4-6-17(28-3)24(15)31-20/h4-12H,1-3H3/b19-12-. The van der Waals surface area contributed by atoms with Gasteiger partial charge in [-0.1, -0.05) is 12.1 Å². The lowest BCUT2D eigenvalue weighted by Crippen LogP contribution is -2.07. The molecule has 0 spiro atoms. The molecule has 0 saturated heterocycles. The first-order valence-electron chi connectivity index (χ1n) is 9.86. The Morgan fingerprint density at radius 2 is 1.94 bits per heavy atom. The highest BCUT2D eigenvalue weighted by molar-refractivity contribution is 7.11. The van der Waals surface area contributed by atoms with Crippen molar-refractivity contribution in [2.24, 2.45) is 0 Å². The van der Waals surface area contributed by atoms with Crippen molar-refractivity contribution in [1.82, 2.24) is 0 Å². The molecule has 1 aliphatic rings. The van der Waals surface area contributed by atoms with Crippen LogP contribution in [0.25, 0.3) is 17.0 Å². The molecule has 7 heteroatoms. The molecule has 2 aromatic heterocycles. The number of methoxy groups -OCH3 is 1. The van der Waals surface area contributed by atoms with Gasteiger partial charge in [-0.3, -0.25) is 4.79 Å². The average Bonchev–Trinajstić information content (AvgIpc) is 3.46. The number of rotatable bonds is 4. The van der Waals surface area contributed by atoms with Crippen LogP contribution in [0.5, 0.6) is 17.2 Å². The molecule has 32 heavy (non-hydrogen) atoms. The predicted octanol–water partition coefficient (Wildman–Crippen LogP) is 5.96. The third-order valence-corrected chi connectivity index (χ3v) is 6.21. The molecule has 0 saturated carbocycles. The number of carbonyl (C=O) groups is 2. The Hall–Kier alpha value is -3.84. The van der Waals surface area contributed by atoms with Gasteiger partial charge in [0.1, 0.15) is 11.5 Å². The second-order valence-electron chi connectivity index (χ2n) is 7.40. The molecular weight excluding hydrogens is 428 g/mol. The number of hydrogen-bond donors (Lipinski definition) is 0. The quantitative estimate of drug-likeness (QED) is 0.219. The number of benzene rings is 2. The number of para-hydroxylation sites is 1. The van der Waals surface area contributed by atoms with E-state index in [-0.39, 0.29) is 23.1 Å². The molecule has 6 nitrogen and oxygen atoms in total. The van der Waals surface area contributed by atoms with Gasteiger partial charge < -0.3 is 18.6 Å². The van der Waals surface area contributed by atoms with E-state index in [0.717, 1.165) is 15.8 Å². The largest absolute Gasteiger partial charge is 0.493 e. The smallest absolute Gasteiger partial charge is 0.379 e. The molecule has 2 aromatic carbocycles. The van der Waals surface area contributed by atoms with Crippen molar-refractivity contribution >= 4 is 40.1 Å². The normalized spacial score (nSPS) is 14.0. The molecule has 4 aromatic rings. The Bertz CT molecular complexity index is 1420. The third kappa shape index (κ3) is 3.36. The molecule has 0 atom stereocenters. The SMILES string of the molecule is COc1cccc2cc(C(=O)Oc3cc(C)c4c(c3)O/C(=C\c3sccc3C)C4=O)oc12. The third-order valence-electron chi connectivity index (χ3n) is 5.25. The van der Waals surface area contributed by atoms with Crippen LogP contribution in [0.15, 0.2) is 58.0 Å². The first-order chi connectivity index (χ1) is 15.4. The van der Waals surface area contributed by atoms with Crippen molar-refractivity contribution < 1.29 is 28.2 Å². The van der Waals surface area contributed by atoms with Crippen LogP contribution in [-0.2, 0) is 0 Å². The van der Waals surface area contributed by atoms with Crippen LogP contribution in [-0.4, -0.2) is 18.9 Å². The number of aryl methyl sites for hydroxylation is 2. The lowest BCUT2D eigenvalue weighted by molar-refractivity contribution is 0.0703. The van der Waals surface area contributed by atoms with Gasteiger partial charge >= 0.3 is 5.97 Å². The summed E-state index contributed by atoms with van der Waals surface area (Å²) in [5, 5.41) is 2.69. The fraction of sp³-hybridized carbons (Fsp3) is 0.120. The number of esters is 1. The van der Waals surface area contributed by atoms with Gasteiger partial charge in [0.2, 0.25) is 11.5 Å². The zero-order valence-electron chi connectivity index (χ0n) is 17.6. The molecule has 5 rings (SSSR count). The van der Waals surface area contributed by atoms with Gasteiger partial charge in [-0.15, -0.1) is 11.3 Å². The summed E-state index contributed by atoms with van der Waals surface area (Å²) in [6, 6.07) is 12.2.